The predicted octanol–water partition coefficient (Wildman–Crippen LogP) is 2.63. The van der Waals surface area contributed by atoms with E-state index >= 15 is 0 Å². The summed E-state index contributed by atoms with van der Waals surface area (Å²) in [5, 5.41) is 0. The van der Waals surface area contributed by atoms with Crippen molar-refractivity contribution in [2.45, 2.75) is 33.7 Å². The van der Waals surface area contributed by atoms with E-state index in [9.17, 15) is 14.0 Å². The lowest BCUT2D eigenvalue weighted by atomic mass is 10.1. The maximum absolute atomic E-state index is 13.3. The minimum absolute atomic E-state index is 0.325. The van der Waals surface area contributed by atoms with Gasteiger partial charge in [-0.1, -0.05) is 13.8 Å². The molecule has 28 heavy (non-hydrogen) atoms. The summed E-state index contributed by atoms with van der Waals surface area (Å²) in [5.41, 5.74) is 1.56. The summed E-state index contributed by atoms with van der Waals surface area (Å²) in [6.07, 6.45) is 2.55. The van der Waals surface area contributed by atoms with Crippen molar-refractivity contribution >= 4 is 16.9 Å². The molecule has 146 valence electrons. The Morgan fingerprint density at radius 2 is 1.82 bits per heavy atom. The maximum atomic E-state index is 13.3. The predicted molar refractivity (Wildman–Crippen MR) is 106 cm³/mol. The van der Waals surface area contributed by atoms with Gasteiger partial charge >= 0.3 is 5.69 Å². The van der Waals surface area contributed by atoms with Crippen molar-refractivity contribution in [3.8, 4) is 5.69 Å². The van der Waals surface area contributed by atoms with Crippen LogP contribution in [0.5, 0.6) is 0 Å². The Bertz CT molecular complexity index is 1310. The number of aromatic nitrogens is 5. The van der Waals surface area contributed by atoms with E-state index in [1.807, 2.05) is 17.7 Å². The Morgan fingerprint density at radius 3 is 2.46 bits per heavy atom. The lowest BCUT2D eigenvalue weighted by Crippen LogP contribution is -2.39. The zero-order chi connectivity index (χ0) is 20.2. The van der Waals surface area contributed by atoms with Crippen LogP contribution in [0.25, 0.3) is 22.6 Å². The van der Waals surface area contributed by atoms with E-state index < -0.39 is 0 Å². The minimum Gasteiger partial charge on any atom is -0.283 e. The summed E-state index contributed by atoms with van der Waals surface area (Å²) in [7, 11) is 1.62. The van der Waals surface area contributed by atoms with E-state index in [1.165, 1.54) is 21.3 Å². The van der Waals surface area contributed by atoms with E-state index in [2.05, 4.69) is 18.8 Å². The van der Waals surface area contributed by atoms with Gasteiger partial charge in [0.15, 0.2) is 11.2 Å². The van der Waals surface area contributed by atoms with Crippen molar-refractivity contribution in [2.24, 2.45) is 13.0 Å². The third kappa shape index (κ3) is 2.67. The number of fused-ring (bicyclic) bond motifs is 3. The SMILES string of the molecule is Cc1cn2c3c(=O)n(CCC(C)C)c(=O)n(C)c3nc2n1-c1ccc(F)cc1. The van der Waals surface area contributed by atoms with Crippen LogP contribution in [0, 0.1) is 18.7 Å². The van der Waals surface area contributed by atoms with Gasteiger partial charge in [-0.3, -0.25) is 22.9 Å². The van der Waals surface area contributed by atoms with E-state index in [-0.39, 0.29) is 17.1 Å². The molecular weight excluding hydrogens is 361 g/mol. The van der Waals surface area contributed by atoms with Crippen LogP contribution in [0.4, 0.5) is 4.39 Å². The number of halogens is 1. The van der Waals surface area contributed by atoms with Crippen LogP contribution < -0.4 is 11.2 Å². The van der Waals surface area contributed by atoms with Gasteiger partial charge in [0.2, 0.25) is 5.78 Å². The van der Waals surface area contributed by atoms with Crippen molar-refractivity contribution in [3.05, 3.63) is 62.8 Å². The number of rotatable bonds is 4. The van der Waals surface area contributed by atoms with E-state index in [0.717, 1.165) is 17.8 Å². The zero-order valence-corrected chi connectivity index (χ0v) is 16.3. The first-order chi connectivity index (χ1) is 13.3. The van der Waals surface area contributed by atoms with Gasteiger partial charge in [-0.05, 0) is 43.5 Å². The molecule has 4 rings (SSSR count). The van der Waals surface area contributed by atoms with Gasteiger partial charge in [0.05, 0.1) is 0 Å². The summed E-state index contributed by atoms with van der Waals surface area (Å²) in [5.74, 6) is 0.556. The Labute approximate surface area is 160 Å². The first-order valence-corrected chi connectivity index (χ1v) is 9.25. The first kappa shape index (κ1) is 18.2. The molecule has 0 radical (unpaired) electrons. The minimum atomic E-state index is -0.371. The van der Waals surface area contributed by atoms with Crippen LogP contribution in [-0.2, 0) is 13.6 Å². The Hall–Kier alpha value is -3.16. The number of hydrogen-bond donors (Lipinski definition) is 0. The highest BCUT2D eigenvalue weighted by Gasteiger charge is 2.20. The second-order valence-corrected chi connectivity index (χ2v) is 7.52. The monoisotopic (exact) mass is 383 g/mol. The highest BCUT2D eigenvalue weighted by atomic mass is 19.1. The molecular formula is C20H22FN5O2. The molecule has 3 aromatic heterocycles. The zero-order valence-electron chi connectivity index (χ0n) is 16.3. The summed E-state index contributed by atoms with van der Waals surface area (Å²) in [4.78, 5) is 30.4. The second-order valence-electron chi connectivity index (χ2n) is 7.52. The molecule has 0 bridgehead atoms. The Morgan fingerprint density at radius 1 is 1.14 bits per heavy atom. The van der Waals surface area contributed by atoms with Crippen molar-refractivity contribution in [1.29, 1.82) is 0 Å². The largest absolute Gasteiger partial charge is 0.332 e. The third-order valence-electron chi connectivity index (χ3n) is 5.04. The molecule has 0 saturated heterocycles. The van der Waals surface area contributed by atoms with Crippen molar-refractivity contribution < 1.29 is 4.39 Å². The van der Waals surface area contributed by atoms with Crippen LogP contribution >= 0.6 is 0 Å². The number of nitrogens with zero attached hydrogens (tertiary/aromatic N) is 5. The van der Waals surface area contributed by atoms with Crippen molar-refractivity contribution in [1.82, 2.24) is 23.1 Å². The molecule has 0 amide bonds. The fourth-order valence-electron chi connectivity index (χ4n) is 3.50. The summed E-state index contributed by atoms with van der Waals surface area (Å²) >= 11 is 0. The highest BCUT2D eigenvalue weighted by molar-refractivity contribution is 5.76. The van der Waals surface area contributed by atoms with Crippen LogP contribution in [0.2, 0.25) is 0 Å². The summed E-state index contributed by atoms with van der Waals surface area (Å²) < 4.78 is 19.6. The molecule has 3 heterocycles. The molecule has 7 nitrogen and oxygen atoms in total. The number of imidazole rings is 2. The smallest absolute Gasteiger partial charge is 0.283 e. The van der Waals surface area contributed by atoms with Gasteiger partial charge in [-0.15, -0.1) is 0 Å². The van der Waals surface area contributed by atoms with E-state index in [1.54, 1.807) is 23.6 Å². The first-order valence-electron chi connectivity index (χ1n) is 9.25. The fourth-order valence-corrected chi connectivity index (χ4v) is 3.50. The van der Waals surface area contributed by atoms with Gasteiger partial charge in [0.25, 0.3) is 5.56 Å². The molecule has 0 unspecified atom stereocenters. The van der Waals surface area contributed by atoms with Gasteiger partial charge in [-0.2, -0.15) is 4.98 Å². The maximum Gasteiger partial charge on any atom is 0.332 e. The third-order valence-corrected chi connectivity index (χ3v) is 5.04. The van der Waals surface area contributed by atoms with Gasteiger partial charge < -0.3 is 0 Å². The highest BCUT2D eigenvalue weighted by Crippen LogP contribution is 2.21. The molecule has 8 heteroatoms. The standard InChI is InChI=1S/C20H22FN5O2/c1-12(2)9-10-24-18(27)16-17(23(4)20(24)28)22-19-25(16)11-13(3)26(19)15-7-5-14(21)6-8-15/h5-8,11-12H,9-10H2,1-4H3. The van der Waals surface area contributed by atoms with Gasteiger partial charge in [0.1, 0.15) is 5.82 Å². The molecule has 0 N–H and O–H groups in total. The molecule has 0 aliphatic rings. The Kier molecular flexibility index (Phi) is 4.21. The van der Waals surface area contributed by atoms with Crippen LogP contribution in [0.3, 0.4) is 0 Å². The second kappa shape index (κ2) is 6.47. The molecule has 0 atom stereocenters. The lowest BCUT2D eigenvalue weighted by molar-refractivity contribution is 0.488. The number of aryl methyl sites for hydroxylation is 2. The number of hydrogen-bond acceptors (Lipinski definition) is 3. The van der Waals surface area contributed by atoms with Gasteiger partial charge in [0, 0.05) is 31.2 Å². The summed E-state index contributed by atoms with van der Waals surface area (Å²) in [6.45, 7) is 6.36. The van der Waals surface area contributed by atoms with Crippen molar-refractivity contribution in [2.75, 3.05) is 0 Å². The quantitative estimate of drug-likeness (QED) is 0.544. The molecule has 1 aromatic carbocycles. The van der Waals surface area contributed by atoms with Gasteiger partial charge in [-0.25, -0.2) is 9.18 Å². The van der Waals surface area contributed by atoms with E-state index in [0.29, 0.717) is 29.4 Å². The molecule has 0 saturated carbocycles. The number of benzene rings is 1. The lowest BCUT2D eigenvalue weighted by Gasteiger charge is -2.09. The summed E-state index contributed by atoms with van der Waals surface area (Å²) in [6, 6.07) is 6.06. The molecule has 4 aromatic rings. The van der Waals surface area contributed by atoms with E-state index in [4.69, 9.17) is 0 Å². The average Bonchev–Trinajstić information content (AvgIpc) is 3.15. The normalized spacial score (nSPS) is 11.9. The molecule has 0 fully saturated rings. The molecule has 0 spiro atoms. The average molecular weight is 383 g/mol. The fraction of sp³-hybridized carbons (Fsp3) is 0.350. The molecule has 0 aliphatic heterocycles. The topological polar surface area (TPSA) is 66.2 Å². The van der Waals surface area contributed by atoms with Crippen LogP contribution in [0.15, 0.2) is 40.1 Å². The van der Waals surface area contributed by atoms with Crippen molar-refractivity contribution in [3.63, 3.8) is 0 Å². The Balaban J connectivity index is 2.03. The van der Waals surface area contributed by atoms with Crippen LogP contribution in [-0.4, -0.2) is 23.1 Å². The molecule has 0 aliphatic carbocycles. The van der Waals surface area contributed by atoms with Crippen LogP contribution in [0.1, 0.15) is 26.0 Å².